The van der Waals surface area contributed by atoms with Crippen molar-refractivity contribution in [2.75, 3.05) is 19.6 Å². The second-order valence-corrected chi connectivity index (χ2v) is 6.97. The van der Waals surface area contributed by atoms with Gasteiger partial charge in [-0.25, -0.2) is 4.68 Å². The van der Waals surface area contributed by atoms with Crippen LogP contribution in [0.2, 0.25) is 0 Å². The average molecular weight is 319 g/mol. The molecule has 0 radical (unpaired) electrons. The number of hydrogen-bond donors (Lipinski definition) is 2. The number of hydrogen-bond acceptors (Lipinski definition) is 4. The van der Waals surface area contributed by atoms with E-state index >= 15 is 0 Å². The summed E-state index contributed by atoms with van der Waals surface area (Å²) in [5, 5.41) is 14.5. The van der Waals surface area contributed by atoms with Crippen molar-refractivity contribution in [3.63, 3.8) is 0 Å². The third-order valence-electron chi connectivity index (χ3n) is 5.23. The maximum absolute atomic E-state index is 12.1. The molecule has 1 amide bonds. The SMILES string of the molecule is O=C(NCCCCC1CCCC1)c1cn(C2CCNCC2)nn1. The lowest BCUT2D eigenvalue weighted by Crippen LogP contribution is -2.29. The topological polar surface area (TPSA) is 71.8 Å². The predicted molar refractivity (Wildman–Crippen MR) is 89.3 cm³/mol. The highest BCUT2D eigenvalue weighted by Gasteiger charge is 2.18. The molecule has 2 fully saturated rings. The summed E-state index contributed by atoms with van der Waals surface area (Å²) in [6, 6.07) is 0.372. The van der Waals surface area contributed by atoms with E-state index in [-0.39, 0.29) is 5.91 Å². The van der Waals surface area contributed by atoms with Crippen LogP contribution in [0, 0.1) is 5.92 Å². The summed E-state index contributed by atoms with van der Waals surface area (Å²) in [6.07, 6.45) is 13.1. The van der Waals surface area contributed by atoms with Gasteiger partial charge in [0.25, 0.3) is 5.91 Å². The van der Waals surface area contributed by atoms with Crippen LogP contribution in [0.1, 0.15) is 74.3 Å². The first-order valence-corrected chi connectivity index (χ1v) is 9.23. The molecule has 2 aliphatic rings. The minimum atomic E-state index is -0.0916. The number of unbranched alkanes of at least 4 members (excludes halogenated alkanes) is 1. The van der Waals surface area contributed by atoms with Gasteiger partial charge in [-0.3, -0.25) is 4.79 Å². The van der Waals surface area contributed by atoms with E-state index < -0.39 is 0 Å². The predicted octanol–water partition coefficient (Wildman–Crippen LogP) is 2.29. The molecule has 128 valence electrons. The van der Waals surface area contributed by atoms with Crippen molar-refractivity contribution in [1.82, 2.24) is 25.6 Å². The Balaban J connectivity index is 1.35. The Morgan fingerprint density at radius 2 is 2.00 bits per heavy atom. The molecule has 0 atom stereocenters. The Labute approximate surface area is 138 Å². The first-order chi connectivity index (χ1) is 11.3. The standard InChI is InChI=1S/C17H29N5O/c23-17(19-10-4-3-7-14-5-1-2-6-14)16-13-22(21-20-16)15-8-11-18-12-9-15/h13-15,18H,1-12H2,(H,19,23). The Morgan fingerprint density at radius 1 is 1.22 bits per heavy atom. The van der Waals surface area contributed by atoms with Gasteiger partial charge in [0.2, 0.25) is 0 Å². The average Bonchev–Trinajstić information content (AvgIpc) is 3.27. The fraction of sp³-hybridized carbons (Fsp3) is 0.824. The molecule has 1 aromatic heterocycles. The van der Waals surface area contributed by atoms with E-state index in [4.69, 9.17) is 0 Å². The summed E-state index contributed by atoms with van der Waals surface area (Å²) in [5.74, 6) is 0.849. The van der Waals surface area contributed by atoms with Crippen LogP contribution in [0.25, 0.3) is 0 Å². The first kappa shape index (κ1) is 16.4. The number of nitrogens with one attached hydrogen (secondary N) is 2. The minimum absolute atomic E-state index is 0.0916. The summed E-state index contributed by atoms with van der Waals surface area (Å²) >= 11 is 0. The molecule has 1 aliphatic heterocycles. The lowest BCUT2D eigenvalue weighted by molar-refractivity contribution is 0.0947. The number of aromatic nitrogens is 3. The molecule has 3 rings (SSSR count). The third kappa shape index (κ3) is 4.77. The number of rotatable bonds is 7. The zero-order valence-corrected chi connectivity index (χ0v) is 14.0. The smallest absolute Gasteiger partial charge is 0.273 e. The fourth-order valence-electron chi connectivity index (χ4n) is 3.78. The molecular weight excluding hydrogens is 290 g/mol. The van der Waals surface area contributed by atoms with E-state index in [0.717, 1.165) is 44.8 Å². The van der Waals surface area contributed by atoms with Crippen LogP contribution in [-0.2, 0) is 0 Å². The summed E-state index contributed by atoms with van der Waals surface area (Å²) in [5.41, 5.74) is 0.444. The summed E-state index contributed by atoms with van der Waals surface area (Å²) in [7, 11) is 0. The molecule has 2 heterocycles. The van der Waals surface area contributed by atoms with Crippen molar-refractivity contribution >= 4 is 5.91 Å². The second-order valence-electron chi connectivity index (χ2n) is 6.97. The maximum atomic E-state index is 12.1. The van der Waals surface area contributed by atoms with Gasteiger partial charge >= 0.3 is 0 Å². The van der Waals surface area contributed by atoms with E-state index in [2.05, 4.69) is 20.9 Å². The van der Waals surface area contributed by atoms with Crippen molar-refractivity contribution < 1.29 is 4.79 Å². The van der Waals surface area contributed by atoms with E-state index in [1.165, 1.54) is 38.5 Å². The number of piperidine rings is 1. The minimum Gasteiger partial charge on any atom is -0.351 e. The molecule has 6 nitrogen and oxygen atoms in total. The van der Waals surface area contributed by atoms with E-state index in [1.54, 1.807) is 6.20 Å². The van der Waals surface area contributed by atoms with Crippen LogP contribution in [0.4, 0.5) is 0 Å². The lowest BCUT2D eigenvalue weighted by atomic mass is 10.0. The largest absolute Gasteiger partial charge is 0.351 e. The highest BCUT2D eigenvalue weighted by atomic mass is 16.2. The molecule has 1 aromatic rings. The molecule has 0 aromatic carbocycles. The number of amides is 1. The van der Waals surface area contributed by atoms with Gasteiger partial charge in [0.15, 0.2) is 5.69 Å². The summed E-state index contributed by atoms with van der Waals surface area (Å²) in [6.45, 7) is 2.76. The normalized spacial score (nSPS) is 20.0. The van der Waals surface area contributed by atoms with Crippen LogP contribution < -0.4 is 10.6 Å². The molecule has 6 heteroatoms. The molecular formula is C17H29N5O. The lowest BCUT2D eigenvalue weighted by Gasteiger charge is -2.22. The number of nitrogens with zero attached hydrogens (tertiary/aromatic N) is 3. The Hall–Kier alpha value is -1.43. The van der Waals surface area contributed by atoms with Gasteiger partial charge < -0.3 is 10.6 Å². The first-order valence-electron chi connectivity index (χ1n) is 9.23. The van der Waals surface area contributed by atoms with Crippen molar-refractivity contribution in [3.05, 3.63) is 11.9 Å². The van der Waals surface area contributed by atoms with Crippen molar-refractivity contribution in [1.29, 1.82) is 0 Å². The zero-order chi connectivity index (χ0) is 15.9. The van der Waals surface area contributed by atoms with E-state index in [1.807, 2.05) is 4.68 Å². The quantitative estimate of drug-likeness (QED) is 0.757. The van der Waals surface area contributed by atoms with Crippen LogP contribution in [0.3, 0.4) is 0 Å². The van der Waals surface area contributed by atoms with E-state index in [9.17, 15) is 4.79 Å². The molecule has 1 saturated heterocycles. The monoisotopic (exact) mass is 319 g/mol. The van der Waals surface area contributed by atoms with Crippen molar-refractivity contribution in [3.8, 4) is 0 Å². The second kappa shape index (κ2) is 8.43. The molecule has 23 heavy (non-hydrogen) atoms. The molecule has 1 saturated carbocycles. The zero-order valence-electron chi connectivity index (χ0n) is 14.0. The van der Waals surface area contributed by atoms with Gasteiger partial charge in [-0.1, -0.05) is 43.7 Å². The molecule has 1 aliphatic carbocycles. The summed E-state index contributed by atoms with van der Waals surface area (Å²) < 4.78 is 1.86. The van der Waals surface area contributed by atoms with Gasteiger partial charge in [0.05, 0.1) is 12.2 Å². The Kier molecular flexibility index (Phi) is 6.02. The fourth-order valence-corrected chi connectivity index (χ4v) is 3.78. The molecule has 0 bridgehead atoms. The van der Waals surface area contributed by atoms with Crippen LogP contribution in [0.15, 0.2) is 6.20 Å². The van der Waals surface area contributed by atoms with Crippen LogP contribution >= 0.6 is 0 Å². The number of carbonyl (C=O) groups is 1. The molecule has 0 unspecified atom stereocenters. The Morgan fingerprint density at radius 3 is 2.78 bits per heavy atom. The highest BCUT2D eigenvalue weighted by Crippen LogP contribution is 2.28. The van der Waals surface area contributed by atoms with Gasteiger partial charge in [0, 0.05) is 6.54 Å². The van der Waals surface area contributed by atoms with Gasteiger partial charge in [-0.05, 0) is 38.3 Å². The summed E-state index contributed by atoms with van der Waals surface area (Å²) in [4.78, 5) is 12.1. The van der Waals surface area contributed by atoms with Crippen molar-refractivity contribution in [2.24, 2.45) is 5.92 Å². The maximum Gasteiger partial charge on any atom is 0.273 e. The van der Waals surface area contributed by atoms with E-state index in [0.29, 0.717) is 11.7 Å². The Bertz CT molecular complexity index is 489. The van der Waals surface area contributed by atoms with Gasteiger partial charge in [-0.2, -0.15) is 0 Å². The van der Waals surface area contributed by atoms with Crippen LogP contribution in [-0.4, -0.2) is 40.5 Å². The van der Waals surface area contributed by atoms with Gasteiger partial charge in [-0.15, -0.1) is 5.10 Å². The van der Waals surface area contributed by atoms with Crippen LogP contribution in [0.5, 0.6) is 0 Å². The number of carbonyl (C=O) groups excluding carboxylic acids is 1. The molecule has 2 N–H and O–H groups in total. The molecule has 0 spiro atoms. The third-order valence-corrected chi connectivity index (χ3v) is 5.23. The van der Waals surface area contributed by atoms with Gasteiger partial charge in [0.1, 0.15) is 0 Å². The van der Waals surface area contributed by atoms with Crippen molar-refractivity contribution in [2.45, 2.75) is 63.8 Å². The highest BCUT2D eigenvalue weighted by molar-refractivity contribution is 5.91.